The molecule has 1 aromatic rings. The van der Waals surface area contributed by atoms with Crippen LogP contribution in [0.4, 0.5) is 0 Å². The molecule has 52 valence electrons. The van der Waals surface area contributed by atoms with Crippen molar-refractivity contribution in [3.05, 3.63) is 23.8 Å². The van der Waals surface area contributed by atoms with Gasteiger partial charge in [0.2, 0.25) is 0 Å². The van der Waals surface area contributed by atoms with Crippen molar-refractivity contribution in [2.45, 2.75) is 6.92 Å². The van der Waals surface area contributed by atoms with E-state index in [1.165, 1.54) is 6.21 Å². The summed E-state index contributed by atoms with van der Waals surface area (Å²) < 4.78 is 0. The SMILES string of the molecule is Cc1nccnc1C=NO. The summed E-state index contributed by atoms with van der Waals surface area (Å²) >= 11 is 0. The zero-order valence-electron chi connectivity index (χ0n) is 5.52. The lowest BCUT2D eigenvalue weighted by Gasteiger charge is -1.92. The van der Waals surface area contributed by atoms with Gasteiger partial charge in [0.15, 0.2) is 0 Å². The molecule has 1 N–H and O–H groups in total. The molecule has 0 aliphatic carbocycles. The lowest BCUT2D eigenvalue weighted by molar-refractivity contribution is 0.321. The topological polar surface area (TPSA) is 58.4 Å². The van der Waals surface area contributed by atoms with E-state index in [9.17, 15) is 0 Å². The van der Waals surface area contributed by atoms with Crippen LogP contribution in [-0.2, 0) is 0 Å². The van der Waals surface area contributed by atoms with Gasteiger partial charge in [0.25, 0.3) is 0 Å². The molecule has 0 spiro atoms. The molecule has 1 rings (SSSR count). The van der Waals surface area contributed by atoms with Crippen LogP contribution in [0.1, 0.15) is 11.4 Å². The first-order valence-corrected chi connectivity index (χ1v) is 2.79. The molecule has 4 heteroatoms. The van der Waals surface area contributed by atoms with Crippen molar-refractivity contribution in [2.24, 2.45) is 5.16 Å². The Morgan fingerprint density at radius 2 is 2.20 bits per heavy atom. The number of aryl methyl sites for hydroxylation is 1. The van der Waals surface area contributed by atoms with E-state index in [1.54, 1.807) is 19.3 Å². The number of hydrogen-bond donors (Lipinski definition) is 1. The van der Waals surface area contributed by atoms with Crippen molar-refractivity contribution < 1.29 is 5.21 Å². The average Bonchev–Trinajstić information content (AvgIpc) is 1.94. The largest absolute Gasteiger partial charge is 0.411 e. The molecule has 1 heterocycles. The standard InChI is InChI=1S/C6H7N3O/c1-5-6(4-9-10)8-3-2-7-5/h2-4,10H,1H3. The molecule has 0 aliphatic rings. The Bertz CT molecular complexity index is 247. The Kier molecular flexibility index (Phi) is 1.94. The maximum atomic E-state index is 8.15. The summed E-state index contributed by atoms with van der Waals surface area (Å²) in [6, 6.07) is 0. The second-order valence-corrected chi connectivity index (χ2v) is 1.77. The molecule has 0 amide bonds. The Morgan fingerprint density at radius 3 is 2.80 bits per heavy atom. The Morgan fingerprint density at radius 1 is 1.50 bits per heavy atom. The highest BCUT2D eigenvalue weighted by Crippen LogP contribution is 1.93. The summed E-state index contributed by atoms with van der Waals surface area (Å²) in [6.07, 6.45) is 4.39. The molecule has 0 atom stereocenters. The lowest BCUT2D eigenvalue weighted by Crippen LogP contribution is -1.93. The van der Waals surface area contributed by atoms with Gasteiger partial charge in [-0.1, -0.05) is 5.16 Å². The van der Waals surface area contributed by atoms with E-state index in [0.29, 0.717) is 5.69 Å². The van der Waals surface area contributed by atoms with E-state index in [4.69, 9.17) is 5.21 Å². The number of hydrogen-bond acceptors (Lipinski definition) is 4. The van der Waals surface area contributed by atoms with Crippen LogP contribution in [-0.4, -0.2) is 21.4 Å². The second kappa shape index (κ2) is 2.91. The molecule has 1 aromatic heterocycles. The fourth-order valence-electron chi connectivity index (χ4n) is 0.600. The third-order valence-corrected chi connectivity index (χ3v) is 1.10. The fourth-order valence-corrected chi connectivity index (χ4v) is 0.600. The summed E-state index contributed by atoms with van der Waals surface area (Å²) in [7, 11) is 0. The molecule has 0 unspecified atom stereocenters. The third kappa shape index (κ3) is 1.28. The molecule has 0 aliphatic heterocycles. The predicted octanol–water partition coefficient (Wildman–Crippen LogP) is 0.593. The van der Waals surface area contributed by atoms with Crippen molar-refractivity contribution in [3.63, 3.8) is 0 Å². The molecule has 0 aromatic carbocycles. The van der Waals surface area contributed by atoms with E-state index in [0.717, 1.165) is 5.69 Å². The van der Waals surface area contributed by atoms with E-state index in [-0.39, 0.29) is 0 Å². The number of aromatic nitrogens is 2. The van der Waals surface area contributed by atoms with Gasteiger partial charge in [0.05, 0.1) is 11.9 Å². The highest BCUT2D eigenvalue weighted by atomic mass is 16.4. The highest BCUT2D eigenvalue weighted by molar-refractivity contribution is 5.77. The van der Waals surface area contributed by atoms with Crippen molar-refractivity contribution in [3.8, 4) is 0 Å². The number of rotatable bonds is 1. The minimum absolute atomic E-state index is 0.588. The molecule has 10 heavy (non-hydrogen) atoms. The quantitative estimate of drug-likeness (QED) is 0.350. The van der Waals surface area contributed by atoms with E-state index < -0.39 is 0 Å². The summed E-state index contributed by atoms with van der Waals surface area (Å²) in [5, 5.41) is 11.0. The van der Waals surface area contributed by atoms with Crippen molar-refractivity contribution in [1.29, 1.82) is 0 Å². The van der Waals surface area contributed by atoms with Gasteiger partial charge in [-0.05, 0) is 6.92 Å². The number of nitrogens with zero attached hydrogens (tertiary/aromatic N) is 3. The maximum Gasteiger partial charge on any atom is 0.106 e. The molecule has 0 saturated heterocycles. The van der Waals surface area contributed by atoms with Gasteiger partial charge in [-0.3, -0.25) is 9.97 Å². The monoisotopic (exact) mass is 137 g/mol. The molecule has 0 saturated carbocycles. The van der Waals surface area contributed by atoms with Crippen LogP contribution in [0.5, 0.6) is 0 Å². The Hall–Kier alpha value is -1.45. The first-order valence-electron chi connectivity index (χ1n) is 2.79. The van der Waals surface area contributed by atoms with Gasteiger partial charge < -0.3 is 5.21 Å². The summed E-state index contributed by atoms with van der Waals surface area (Å²) in [4.78, 5) is 7.83. The second-order valence-electron chi connectivity index (χ2n) is 1.77. The van der Waals surface area contributed by atoms with Crippen LogP contribution < -0.4 is 0 Å². The molecular formula is C6H7N3O. The van der Waals surface area contributed by atoms with Gasteiger partial charge in [-0.25, -0.2) is 0 Å². The van der Waals surface area contributed by atoms with Crippen LogP contribution in [0.3, 0.4) is 0 Å². The third-order valence-electron chi connectivity index (χ3n) is 1.10. The average molecular weight is 137 g/mol. The van der Waals surface area contributed by atoms with Crippen molar-refractivity contribution in [2.75, 3.05) is 0 Å². The van der Waals surface area contributed by atoms with Crippen LogP contribution in [0.2, 0.25) is 0 Å². The van der Waals surface area contributed by atoms with Gasteiger partial charge in [-0.2, -0.15) is 0 Å². The summed E-state index contributed by atoms with van der Waals surface area (Å²) in [6.45, 7) is 1.80. The van der Waals surface area contributed by atoms with Gasteiger partial charge in [0.1, 0.15) is 5.69 Å². The first kappa shape index (κ1) is 6.67. The van der Waals surface area contributed by atoms with Gasteiger partial charge in [0, 0.05) is 12.4 Å². The Balaban J connectivity index is 3.03. The minimum Gasteiger partial charge on any atom is -0.411 e. The first-order chi connectivity index (χ1) is 4.84. The zero-order chi connectivity index (χ0) is 7.40. The van der Waals surface area contributed by atoms with Crippen LogP contribution in [0, 0.1) is 6.92 Å². The van der Waals surface area contributed by atoms with Crippen LogP contribution >= 0.6 is 0 Å². The van der Waals surface area contributed by atoms with E-state index >= 15 is 0 Å². The van der Waals surface area contributed by atoms with Crippen LogP contribution in [0.25, 0.3) is 0 Å². The lowest BCUT2D eigenvalue weighted by atomic mass is 10.3. The predicted molar refractivity (Wildman–Crippen MR) is 36.1 cm³/mol. The summed E-state index contributed by atoms with van der Waals surface area (Å²) in [5.74, 6) is 0. The minimum atomic E-state index is 0.588. The smallest absolute Gasteiger partial charge is 0.106 e. The molecule has 0 radical (unpaired) electrons. The highest BCUT2D eigenvalue weighted by Gasteiger charge is 1.93. The van der Waals surface area contributed by atoms with Gasteiger partial charge >= 0.3 is 0 Å². The van der Waals surface area contributed by atoms with Crippen LogP contribution in [0.15, 0.2) is 17.5 Å². The molecule has 4 nitrogen and oxygen atoms in total. The fraction of sp³-hybridized carbons (Fsp3) is 0.167. The summed E-state index contributed by atoms with van der Waals surface area (Å²) in [5.41, 5.74) is 1.34. The van der Waals surface area contributed by atoms with E-state index in [1.807, 2.05) is 0 Å². The molecule has 0 bridgehead atoms. The van der Waals surface area contributed by atoms with Crippen molar-refractivity contribution >= 4 is 6.21 Å². The van der Waals surface area contributed by atoms with E-state index in [2.05, 4.69) is 15.1 Å². The Labute approximate surface area is 58.2 Å². The molecule has 0 fully saturated rings. The normalized spacial score (nSPS) is 10.5. The maximum absolute atomic E-state index is 8.15. The van der Waals surface area contributed by atoms with Crippen molar-refractivity contribution in [1.82, 2.24) is 9.97 Å². The zero-order valence-corrected chi connectivity index (χ0v) is 5.52. The number of oxime groups is 1. The molecular weight excluding hydrogens is 130 g/mol. The van der Waals surface area contributed by atoms with Gasteiger partial charge in [-0.15, -0.1) is 0 Å².